The molecule has 0 saturated carbocycles. The second kappa shape index (κ2) is 11.4. The molecule has 0 bridgehead atoms. The number of nitrogens with zero attached hydrogens (tertiary/aromatic N) is 2. The number of nitriles is 2. The maximum absolute atomic E-state index is 9.70. The molecule has 5 heteroatoms. The van der Waals surface area contributed by atoms with Crippen LogP contribution in [0.5, 0.6) is 5.75 Å². The minimum Gasteiger partial charge on any atom is -0.486 e. The van der Waals surface area contributed by atoms with Crippen LogP contribution in [0.4, 0.5) is 0 Å². The van der Waals surface area contributed by atoms with Crippen LogP contribution < -0.4 is 4.74 Å². The zero-order chi connectivity index (χ0) is 23.7. The standard InChI is InChI=1S/C27H29ClN2O2/c1-6-24(32-20(3)16-29)18-31-25-11-9-22(10-12-25)27(4,5)23-14-19(2)26(8-7-13-28)21(15-23)17-30/h6,9-12,14-15H,3,7-8,13,18H2,1-2,4-5H3/b24-6-. The molecular weight excluding hydrogens is 420 g/mol. The van der Waals surface area contributed by atoms with Gasteiger partial charge in [-0.25, -0.2) is 0 Å². The molecule has 0 unspecified atom stereocenters. The highest BCUT2D eigenvalue weighted by molar-refractivity contribution is 6.17. The van der Waals surface area contributed by atoms with Crippen molar-refractivity contribution in [2.75, 3.05) is 12.5 Å². The Morgan fingerprint density at radius 3 is 2.41 bits per heavy atom. The third-order valence-electron chi connectivity index (χ3n) is 5.53. The Kier molecular flexibility index (Phi) is 8.94. The van der Waals surface area contributed by atoms with Gasteiger partial charge in [0.25, 0.3) is 0 Å². The zero-order valence-corrected chi connectivity index (χ0v) is 19.9. The molecule has 2 aromatic rings. The molecule has 2 aromatic carbocycles. The van der Waals surface area contributed by atoms with E-state index in [4.69, 9.17) is 26.3 Å². The largest absolute Gasteiger partial charge is 0.486 e. The summed E-state index contributed by atoms with van der Waals surface area (Å²) < 4.78 is 11.1. The number of allylic oxidation sites excluding steroid dienone is 2. The molecule has 0 aliphatic heterocycles. The first-order valence-electron chi connectivity index (χ1n) is 10.5. The van der Waals surface area contributed by atoms with E-state index in [1.165, 1.54) is 0 Å². The summed E-state index contributed by atoms with van der Waals surface area (Å²) in [4.78, 5) is 0. The molecule has 32 heavy (non-hydrogen) atoms. The van der Waals surface area contributed by atoms with Crippen LogP contribution >= 0.6 is 11.6 Å². The van der Waals surface area contributed by atoms with Crippen molar-refractivity contribution in [3.05, 3.63) is 88.4 Å². The van der Waals surface area contributed by atoms with Gasteiger partial charge in [-0.05, 0) is 79.8 Å². The lowest BCUT2D eigenvalue weighted by Gasteiger charge is -2.28. The monoisotopic (exact) mass is 448 g/mol. The van der Waals surface area contributed by atoms with Gasteiger partial charge in [-0.1, -0.05) is 32.0 Å². The Hall–Kier alpha value is -3.21. The van der Waals surface area contributed by atoms with Crippen LogP contribution in [0, 0.1) is 29.6 Å². The SMILES string of the molecule is C=C(C#N)O/C(=C\C)COc1ccc(C(C)(C)c2cc(C)c(CCCCl)c(C#N)c2)cc1. The molecular formula is C27H29ClN2O2. The van der Waals surface area contributed by atoms with Crippen LogP contribution in [-0.2, 0) is 16.6 Å². The van der Waals surface area contributed by atoms with Crippen molar-refractivity contribution in [2.24, 2.45) is 0 Å². The van der Waals surface area contributed by atoms with E-state index in [-0.39, 0.29) is 17.8 Å². The quantitative estimate of drug-likeness (QED) is 0.230. The summed E-state index contributed by atoms with van der Waals surface area (Å²) in [5, 5.41) is 18.5. The number of rotatable bonds is 10. The molecule has 0 saturated heterocycles. The fourth-order valence-corrected chi connectivity index (χ4v) is 3.63. The predicted molar refractivity (Wildman–Crippen MR) is 129 cm³/mol. The van der Waals surface area contributed by atoms with Gasteiger partial charge in [0.15, 0.2) is 5.76 Å². The molecule has 4 nitrogen and oxygen atoms in total. The first kappa shape index (κ1) is 25.1. The van der Waals surface area contributed by atoms with Crippen LogP contribution in [0.15, 0.2) is 60.6 Å². The number of alkyl halides is 1. The van der Waals surface area contributed by atoms with Gasteiger partial charge in [0.2, 0.25) is 0 Å². The van der Waals surface area contributed by atoms with E-state index >= 15 is 0 Å². The van der Waals surface area contributed by atoms with Gasteiger partial charge in [-0.15, -0.1) is 11.6 Å². The third-order valence-corrected chi connectivity index (χ3v) is 5.80. The number of halogens is 1. The van der Waals surface area contributed by atoms with E-state index in [0.717, 1.165) is 40.7 Å². The normalized spacial score (nSPS) is 11.4. The summed E-state index contributed by atoms with van der Waals surface area (Å²) in [7, 11) is 0. The van der Waals surface area contributed by atoms with Crippen molar-refractivity contribution < 1.29 is 9.47 Å². The molecule has 0 spiro atoms. The predicted octanol–water partition coefficient (Wildman–Crippen LogP) is 6.70. The Morgan fingerprint density at radius 2 is 1.84 bits per heavy atom. The van der Waals surface area contributed by atoms with Crippen molar-refractivity contribution in [1.82, 2.24) is 0 Å². The molecule has 0 atom stereocenters. The molecule has 0 aliphatic carbocycles. The fourth-order valence-electron chi connectivity index (χ4n) is 3.49. The van der Waals surface area contributed by atoms with E-state index in [9.17, 15) is 5.26 Å². The number of ether oxygens (including phenoxy) is 2. The first-order valence-corrected chi connectivity index (χ1v) is 11.1. The summed E-state index contributed by atoms with van der Waals surface area (Å²) >= 11 is 5.85. The average molecular weight is 449 g/mol. The second-order valence-electron chi connectivity index (χ2n) is 8.05. The maximum Gasteiger partial charge on any atom is 0.196 e. The highest BCUT2D eigenvalue weighted by Gasteiger charge is 2.25. The minimum atomic E-state index is -0.290. The summed E-state index contributed by atoms with van der Waals surface area (Å²) in [6.45, 7) is 11.9. The van der Waals surface area contributed by atoms with Crippen molar-refractivity contribution >= 4 is 11.6 Å². The van der Waals surface area contributed by atoms with Crippen molar-refractivity contribution in [3.63, 3.8) is 0 Å². The molecule has 0 heterocycles. The van der Waals surface area contributed by atoms with Gasteiger partial charge in [0.1, 0.15) is 24.2 Å². The summed E-state index contributed by atoms with van der Waals surface area (Å²) in [6, 6.07) is 16.3. The van der Waals surface area contributed by atoms with Crippen LogP contribution in [-0.4, -0.2) is 12.5 Å². The molecule has 2 rings (SSSR count). The first-order chi connectivity index (χ1) is 15.3. The molecule has 0 N–H and O–H groups in total. The number of hydrogen-bond acceptors (Lipinski definition) is 4. The van der Waals surface area contributed by atoms with E-state index in [1.807, 2.05) is 43.3 Å². The van der Waals surface area contributed by atoms with Crippen LogP contribution in [0.3, 0.4) is 0 Å². The third kappa shape index (κ3) is 6.16. The Labute approximate surface area is 196 Å². The van der Waals surface area contributed by atoms with Gasteiger partial charge < -0.3 is 9.47 Å². The van der Waals surface area contributed by atoms with E-state index < -0.39 is 0 Å². The van der Waals surface area contributed by atoms with Crippen LogP contribution in [0.1, 0.15) is 55.0 Å². The highest BCUT2D eigenvalue weighted by Crippen LogP contribution is 2.35. The van der Waals surface area contributed by atoms with Crippen molar-refractivity contribution in [3.8, 4) is 17.9 Å². The molecule has 0 aliphatic rings. The summed E-state index contributed by atoms with van der Waals surface area (Å²) in [5.74, 6) is 1.83. The maximum atomic E-state index is 9.70. The number of hydrogen-bond donors (Lipinski definition) is 0. The van der Waals surface area contributed by atoms with Gasteiger partial charge in [-0.2, -0.15) is 10.5 Å². The number of aryl methyl sites for hydroxylation is 1. The molecule has 0 amide bonds. The molecule has 0 aromatic heterocycles. The Morgan fingerprint density at radius 1 is 1.16 bits per heavy atom. The fraction of sp³-hybridized carbons (Fsp3) is 0.333. The molecule has 0 fully saturated rings. The Balaban J connectivity index is 2.21. The smallest absolute Gasteiger partial charge is 0.196 e. The lowest BCUT2D eigenvalue weighted by Crippen LogP contribution is -2.20. The van der Waals surface area contributed by atoms with Crippen molar-refractivity contribution in [1.29, 1.82) is 10.5 Å². The van der Waals surface area contributed by atoms with Gasteiger partial charge in [0, 0.05) is 11.3 Å². The van der Waals surface area contributed by atoms with E-state index in [0.29, 0.717) is 17.4 Å². The van der Waals surface area contributed by atoms with E-state index in [2.05, 4.69) is 39.5 Å². The summed E-state index contributed by atoms with van der Waals surface area (Å²) in [6.07, 6.45) is 3.41. The van der Waals surface area contributed by atoms with Gasteiger partial charge in [-0.3, -0.25) is 0 Å². The number of benzene rings is 2. The van der Waals surface area contributed by atoms with E-state index in [1.54, 1.807) is 6.08 Å². The minimum absolute atomic E-state index is 0.0273. The van der Waals surface area contributed by atoms with Gasteiger partial charge >= 0.3 is 0 Å². The van der Waals surface area contributed by atoms with Gasteiger partial charge in [0.05, 0.1) is 11.6 Å². The zero-order valence-electron chi connectivity index (χ0n) is 19.2. The second-order valence-corrected chi connectivity index (χ2v) is 8.43. The average Bonchev–Trinajstić information content (AvgIpc) is 2.80. The topological polar surface area (TPSA) is 66.0 Å². The molecule has 0 radical (unpaired) electrons. The lowest BCUT2D eigenvalue weighted by molar-refractivity contribution is 0.237. The highest BCUT2D eigenvalue weighted by atomic mass is 35.5. The van der Waals surface area contributed by atoms with Crippen LogP contribution in [0.2, 0.25) is 0 Å². The lowest BCUT2D eigenvalue weighted by atomic mass is 9.76. The van der Waals surface area contributed by atoms with Crippen molar-refractivity contribution in [2.45, 2.75) is 46.0 Å². The molecule has 166 valence electrons. The Bertz CT molecular complexity index is 1070. The summed E-state index contributed by atoms with van der Waals surface area (Å²) in [5.41, 5.74) is 4.84. The van der Waals surface area contributed by atoms with Crippen LogP contribution in [0.25, 0.3) is 0 Å².